The summed E-state index contributed by atoms with van der Waals surface area (Å²) in [5.74, 6) is 0. The van der Waals surface area contributed by atoms with E-state index in [1.807, 2.05) is 0 Å². The van der Waals surface area contributed by atoms with Crippen molar-refractivity contribution in [3.8, 4) is 0 Å². The first-order valence-electron chi connectivity index (χ1n) is 6.89. The van der Waals surface area contributed by atoms with Gasteiger partial charge in [0.2, 0.25) is 0 Å². The lowest BCUT2D eigenvalue weighted by Gasteiger charge is -2.24. The van der Waals surface area contributed by atoms with Crippen LogP contribution >= 0.6 is 0 Å². The maximum atomic E-state index is 5.85. The first-order chi connectivity index (χ1) is 8.90. The molecule has 2 atom stereocenters. The van der Waals surface area contributed by atoms with E-state index < -0.39 is 0 Å². The van der Waals surface area contributed by atoms with Crippen LogP contribution in [0.15, 0.2) is 30.3 Å². The molecule has 0 N–H and O–H groups in total. The lowest BCUT2D eigenvalue weighted by atomic mass is 10.1. The number of ether oxygens (including phenoxy) is 2. The van der Waals surface area contributed by atoms with Gasteiger partial charge >= 0.3 is 0 Å². The summed E-state index contributed by atoms with van der Waals surface area (Å²) < 4.78 is 11.7. The molecule has 2 aliphatic rings. The molecule has 0 spiro atoms. The molecule has 2 saturated heterocycles. The van der Waals surface area contributed by atoms with Gasteiger partial charge in [0.05, 0.1) is 25.4 Å². The minimum absolute atomic E-state index is 0.391. The van der Waals surface area contributed by atoms with Crippen molar-refractivity contribution in [3.05, 3.63) is 35.9 Å². The topological polar surface area (TPSA) is 21.7 Å². The Morgan fingerprint density at radius 2 is 1.56 bits per heavy atom. The minimum Gasteiger partial charge on any atom is -0.374 e. The lowest BCUT2D eigenvalue weighted by molar-refractivity contribution is -0.0388. The predicted molar refractivity (Wildman–Crippen MR) is 70.4 cm³/mol. The predicted octanol–water partition coefficient (Wildman–Crippen LogP) is 2.07. The zero-order valence-corrected chi connectivity index (χ0v) is 10.8. The van der Waals surface area contributed by atoms with Crippen LogP contribution in [0.25, 0.3) is 0 Å². The number of nitrogens with zero attached hydrogens (tertiary/aromatic N) is 1. The maximum absolute atomic E-state index is 5.85. The van der Waals surface area contributed by atoms with Crippen molar-refractivity contribution in [1.82, 2.24) is 4.90 Å². The van der Waals surface area contributed by atoms with Gasteiger partial charge in [0.15, 0.2) is 0 Å². The molecular weight excluding hydrogens is 226 g/mol. The van der Waals surface area contributed by atoms with E-state index in [0.717, 1.165) is 45.7 Å². The molecule has 0 aromatic heterocycles. The Hall–Kier alpha value is -0.900. The normalized spacial score (nSPS) is 29.6. The van der Waals surface area contributed by atoms with E-state index in [2.05, 4.69) is 35.2 Å². The van der Waals surface area contributed by atoms with Gasteiger partial charge in [-0.2, -0.15) is 0 Å². The molecule has 1 aromatic carbocycles. The Morgan fingerprint density at radius 1 is 0.944 bits per heavy atom. The summed E-state index contributed by atoms with van der Waals surface area (Å²) in [6.45, 7) is 4.57. The fourth-order valence-electron chi connectivity index (χ4n) is 2.88. The standard InChI is InChI=1S/C15H21NO2/c1-2-4-13(5-3-1)10-16-11-14-6-7-15(12-16)18-9-8-17-14/h1-5,14-15H,6-12H2. The van der Waals surface area contributed by atoms with Crippen molar-refractivity contribution in [3.63, 3.8) is 0 Å². The summed E-state index contributed by atoms with van der Waals surface area (Å²) in [6.07, 6.45) is 3.05. The highest BCUT2D eigenvalue weighted by atomic mass is 16.5. The highest BCUT2D eigenvalue weighted by molar-refractivity contribution is 5.14. The van der Waals surface area contributed by atoms with Crippen LogP contribution in [0, 0.1) is 0 Å². The highest BCUT2D eigenvalue weighted by Gasteiger charge is 2.26. The van der Waals surface area contributed by atoms with Crippen molar-refractivity contribution < 1.29 is 9.47 Å². The van der Waals surface area contributed by atoms with Crippen molar-refractivity contribution in [1.29, 1.82) is 0 Å². The number of benzene rings is 1. The van der Waals surface area contributed by atoms with Gasteiger partial charge in [0.1, 0.15) is 0 Å². The van der Waals surface area contributed by atoms with Crippen LogP contribution in [0.4, 0.5) is 0 Å². The van der Waals surface area contributed by atoms with Gasteiger partial charge < -0.3 is 9.47 Å². The molecule has 0 radical (unpaired) electrons. The second kappa shape index (κ2) is 5.83. The summed E-state index contributed by atoms with van der Waals surface area (Å²) in [6, 6.07) is 10.7. The van der Waals surface area contributed by atoms with Crippen LogP contribution < -0.4 is 0 Å². The molecular formula is C15H21NO2. The number of hydrogen-bond acceptors (Lipinski definition) is 3. The fraction of sp³-hybridized carbons (Fsp3) is 0.600. The van der Waals surface area contributed by atoms with Gasteiger partial charge in [-0.05, 0) is 18.4 Å². The van der Waals surface area contributed by atoms with Gasteiger partial charge in [0, 0.05) is 19.6 Å². The molecule has 3 nitrogen and oxygen atoms in total. The number of fused-ring (bicyclic) bond motifs is 3. The lowest BCUT2D eigenvalue weighted by Crippen LogP contribution is -2.34. The third-order valence-electron chi connectivity index (χ3n) is 3.77. The molecule has 3 heteroatoms. The summed E-state index contributed by atoms with van der Waals surface area (Å²) in [5.41, 5.74) is 1.37. The van der Waals surface area contributed by atoms with Crippen LogP contribution in [0.1, 0.15) is 18.4 Å². The summed E-state index contributed by atoms with van der Waals surface area (Å²) in [4.78, 5) is 2.48. The molecule has 98 valence electrons. The van der Waals surface area contributed by atoms with E-state index in [1.54, 1.807) is 0 Å². The molecule has 2 bridgehead atoms. The fourth-order valence-corrected chi connectivity index (χ4v) is 2.88. The van der Waals surface area contributed by atoms with E-state index in [-0.39, 0.29) is 0 Å². The number of rotatable bonds is 2. The zero-order valence-electron chi connectivity index (χ0n) is 10.8. The van der Waals surface area contributed by atoms with Crippen molar-refractivity contribution in [2.24, 2.45) is 0 Å². The highest BCUT2D eigenvalue weighted by Crippen LogP contribution is 2.20. The van der Waals surface area contributed by atoms with E-state index in [4.69, 9.17) is 9.47 Å². The molecule has 0 amide bonds. The SMILES string of the molecule is c1ccc(CN2CC3CCC(C2)OCCO3)cc1. The molecule has 0 saturated carbocycles. The zero-order chi connectivity index (χ0) is 12.2. The van der Waals surface area contributed by atoms with Crippen molar-refractivity contribution in [2.75, 3.05) is 26.3 Å². The molecule has 3 rings (SSSR count). The van der Waals surface area contributed by atoms with Gasteiger partial charge in [-0.15, -0.1) is 0 Å². The van der Waals surface area contributed by atoms with Gasteiger partial charge in [0.25, 0.3) is 0 Å². The minimum atomic E-state index is 0.391. The third kappa shape index (κ3) is 3.10. The largest absolute Gasteiger partial charge is 0.374 e. The number of hydrogen-bond donors (Lipinski definition) is 0. The van der Waals surface area contributed by atoms with Gasteiger partial charge in [-0.3, -0.25) is 4.90 Å². The van der Waals surface area contributed by atoms with Crippen LogP contribution in [-0.2, 0) is 16.0 Å². The average Bonchev–Trinajstić information content (AvgIpc) is 2.50. The molecule has 0 aliphatic carbocycles. The van der Waals surface area contributed by atoms with Crippen molar-refractivity contribution in [2.45, 2.75) is 31.6 Å². The van der Waals surface area contributed by atoms with Crippen LogP contribution in [0.5, 0.6) is 0 Å². The molecule has 2 unspecified atom stereocenters. The van der Waals surface area contributed by atoms with Gasteiger partial charge in [-0.1, -0.05) is 30.3 Å². The Bertz CT molecular complexity index is 352. The first-order valence-corrected chi connectivity index (χ1v) is 6.89. The second-order valence-corrected chi connectivity index (χ2v) is 5.24. The van der Waals surface area contributed by atoms with E-state index in [0.29, 0.717) is 12.2 Å². The van der Waals surface area contributed by atoms with Crippen molar-refractivity contribution >= 4 is 0 Å². The smallest absolute Gasteiger partial charge is 0.0705 e. The van der Waals surface area contributed by atoms with Crippen LogP contribution in [-0.4, -0.2) is 43.4 Å². The molecule has 2 fully saturated rings. The molecule has 1 aromatic rings. The van der Waals surface area contributed by atoms with E-state index >= 15 is 0 Å². The summed E-state index contributed by atoms with van der Waals surface area (Å²) in [5, 5.41) is 0. The first kappa shape index (κ1) is 12.2. The quantitative estimate of drug-likeness (QED) is 0.798. The summed E-state index contributed by atoms with van der Waals surface area (Å²) in [7, 11) is 0. The molecule has 2 aliphatic heterocycles. The monoisotopic (exact) mass is 247 g/mol. The van der Waals surface area contributed by atoms with Gasteiger partial charge in [-0.25, -0.2) is 0 Å². The Balaban J connectivity index is 1.68. The molecule has 18 heavy (non-hydrogen) atoms. The van der Waals surface area contributed by atoms with E-state index in [1.165, 1.54) is 5.56 Å². The Morgan fingerprint density at radius 3 is 2.17 bits per heavy atom. The average molecular weight is 247 g/mol. The second-order valence-electron chi connectivity index (χ2n) is 5.24. The Labute approximate surface area is 109 Å². The van der Waals surface area contributed by atoms with Crippen LogP contribution in [0.2, 0.25) is 0 Å². The third-order valence-corrected chi connectivity index (χ3v) is 3.77. The Kier molecular flexibility index (Phi) is 3.93. The molecule has 2 heterocycles. The number of likely N-dealkylation sites (tertiary alicyclic amines) is 1. The van der Waals surface area contributed by atoms with E-state index in [9.17, 15) is 0 Å². The maximum Gasteiger partial charge on any atom is 0.0705 e. The van der Waals surface area contributed by atoms with Crippen LogP contribution in [0.3, 0.4) is 0 Å². The summed E-state index contributed by atoms with van der Waals surface area (Å²) >= 11 is 0.